The Bertz CT molecular complexity index is 657. The average molecular weight is 300 g/mol. The third-order valence-electron chi connectivity index (χ3n) is 4.13. The Hall–Kier alpha value is -1.61. The second kappa shape index (κ2) is 5.64. The van der Waals surface area contributed by atoms with Gasteiger partial charge in [0.15, 0.2) is 0 Å². The van der Waals surface area contributed by atoms with E-state index in [4.69, 9.17) is 11.5 Å². The number of aryl methyl sites for hydroxylation is 4. The zero-order chi connectivity index (χ0) is 15.9. The number of benzene rings is 2. The van der Waals surface area contributed by atoms with Crippen molar-refractivity contribution in [2.75, 3.05) is 11.5 Å². The van der Waals surface area contributed by atoms with Gasteiger partial charge in [0.2, 0.25) is 0 Å². The second-order valence-electron chi connectivity index (χ2n) is 5.86. The van der Waals surface area contributed by atoms with E-state index in [9.17, 15) is 0 Å². The molecule has 0 aromatic heterocycles. The fourth-order valence-corrected chi connectivity index (χ4v) is 3.95. The summed E-state index contributed by atoms with van der Waals surface area (Å²) in [4.78, 5) is 2.49. The van der Waals surface area contributed by atoms with Crippen molar-refractivity contribution < 1.29 is 0 Å². The average Bonchev–Trinajstić information content (AvgIpc) is 2.42. The first-order chi connectivity index (χ1) is 9.73. The van der Waals surface area contributed by atoms with Gasteiger partial charge in [-0.3, -0.25) is 0 Å². The maximum absolute atomic E-state index is 6.20. The molecule has 0 aliphatic carbocycles. The molecule has 0 bridgehead atoms. The van der Waals surface area contributed by atoms with Crippen LogP contribution in [0.4, 0.5) is 11.4 Å². The highest BCUT2D eigenvalue weighted by Crippen LogP contribution is 2.41. The molecule has 0 aliphatic heterocycles. The zero-order valence-electron chi connectivity index (χ0n) is 13.7. The zero-order valence-corrected chi connectivity index (χ0v) is 14.5. The molecule has 0 saturated carbocycles. The molecule has 0 fully saturated rings. The molecule has 0 atom stereocenters. The van der Waals surface area contributed by atoms with Crippen LogP contribution in [0, 0.1) is 41.5 Å². The van der Waals surface area contributed by atoms with E-state index < -0.39 is 0 Å². The van der Waals surface area contributed by atoms with Crippen molar-refractivity contribution in [3.05, 3.63) is 45.5 Å². The molecule has 2 aromatic rings. The van der Waals surface area contributed by atoms with Crippen LogP contribution < -0.4 is 11.5 Å². The van der Waals surface area contributed by atoms with Gasteiger partial charge in [0.05, 0.1) is 0 Å². The SMILES string of the molecule is Cc1cc(C)c(Sc2c(C)cc(C)c(N)c2C)c(C)c1N. The molecule has 21 heavy (non-hydrogen) atoms. The minimum atomic E-state index is 0.887. The maximum Gasteiger partial charge on any atom is 0.0385 e. The Morgan fingerprint density at radius 2 is 0.952 bits per heavy atom. The van der Waals surface area contributed by atoms with Crippen LogP contribution in [0.3, 0.4) is 0 Å². The van der Waals surface area contributed by atoms with Crippen LogP contribution >= 0.6 is 11.8 Å². The largest absolute Gasteiger partial charge is 0.398 e. The molecule has 0 unspecified atom stereocenters. The molecule has 2 aromatic carbocycles. The maximum atomic E-state index is 6.20. The summed E-state index contributed by atoms with van der Waals surface area (Å²) in [5, 5.41) is 0. The van der Waals surface area contributed by atoms with Gasteiger partial charge in [-0.15, -0.1) is 0 Å². The third kappa shape index (κ3) is 2.75. The molecule has 0 heterocycles. The topological polar surface area (TPSA) is 52.0 Å². The summed E-state index contributed by atoms with van der Waals surface area (Å²) in [7, 11) is 0. The summed E-state index contributed by atoms with van der Waals surface area (Å²) in [5.74, 6) is 0. The van der Waals surface area contributed by atoms with Gasteiger partial charge in [0, 0.05) is 21.2 Å². The molecule has 0 spiro atoms. The van der Waals surface area contributed by atoms with E-state index >= 15 is 0 Å². The Labute approximate surface area is 131 Å². The number of nitrogen functional groups attached to an aromatic ring is 2. The number of nitrogens with two attached hydrogens (primary N) is 2. The number of rotatable bonds is 2. The predicted molar refractivity (Wildman–Crippen MR) is 94.3 cm³/mol. The summed E-state index contributed by atoms with van der Waals surface area (Å²) in [5.41, 5.74) is 21.3. The molecule has 2 nitrogen and oxygen atoms in total. The van der Waals surface area contributed by atoms with Crippen molar-refractivity contribution in [2.24, 2.45) is 0 Å². The summed E-state index contributed by atoms with van der Waals surface area (Å²) in [6.45, 7) is 12.6. The van der Waals surface area contributed by atoms with Gasteiger partial charge in [-0.25, -0.2) is 0 Å². The lowest BCUT2D eigenvalue weighted by Gasteiger charge is -2.18. The first-order valence-corrected chi connectivity index (χ1v) is 7.96. The Morgan fingerprint density at radius 3 is 1.29 bits per heavy atom. The van der Waals surface area contributed by atoms with Crippen LogP contribution in [0.15, 0.2) is 21.9 Å². The fourth-order valence-electron chi connectivity index (χ4n) is 2.78. The molecular weight excluding hydrogens is 276 g/mol. The molecule has 2 rings (SSSR count). The second-order valence-corrected chi connectivity index (χ2v) is 6.88. The highest BCUT2D eigenvalue weighted by atomic mass is 32.2. The lowest BCUT2D eigenvalue weighted by atomic mass is 10.1. The predicted octanol–water partition coefficient (Wildman–Crippen LogP) is 4.85. The van der Waals surface area contributed by atoms with Crippen LogP contribution in [-0.4, -0.2) is 0 Å². The fraction of sp³-hybridized carbons (Fsp3) is 0.333. The Morgan fingerprint density at radius 1 is 0.619 bits per heavy atom. The summed E-state index contributed by atoms with van der Waals surface area (Å²) < 4.78 is 0. The van der Waals surface area contributed by atoms with Gasteiger partial charge in [-0.05, 0) is 74.9 Å². The van der Waals surface area contributed by atoms with Crippen molar-refractivity contribution in [3.8, 4) is 0 Å². The van der Waals surface area contributed by atoms with Crippen molar-refractivity contribution in [1.82, 2.24) is 0 Å². The van der Waals surface area contributed by atoms with Crippen molar-refractivity contribution >= 4 is 23.1 Å². The van der Waals surface area contributed by atoms with Gasteiger partial charge < -0.3 is 11.5 Å². The van der Waals surface area contributed by atoms with Crippen LogP contribution in [0.5, 0.6) is 0 Å². The Kier molecular flexibility index (Phi) is 4.24. The lowest BCUT2D eigenvalue weighted by molar-refractivity contribution is 1.16. The van der Waals surface area contributed by atoms with Crippen LogP contribution in [0.25, 0.3) is 0 Å². The van der Waals surface area contributed by atoms with Crippen molar-refractivity contribution in [1.29, 1.82) is 0 Å². The molecule has 112 valence electrons. The van der Waals surface area contributed by atoms with Gasteiger partial charge in [0.1, 0.15) is 0 Å². The van der Waals surface area contributed by atoms with E-state index in [-0.39, 0.29) is 0 Å². The van der Waals surface area contributed by atoms with Crippen molar-refractivity contribution in [3.63, 3.8) is 0 Å². The third-order valence-corrected chi connectivity index (χ3v) is 5.79. The molecule has 0 aliphatic rings. The standard InChI is InChI=1S/C18H24N2S/c1-9-7-11(3)17(13(5)15(9)19)21-18-12(4)8-10(2)16(20)14(18)6/h7-8H,19-20H2,1-6H3. The molecule has 3 heteroatoms. The van der Waals surface area contributed by atoms with E-state index in [1.165, 1.54) is 20.9 Å². The summed E-state index contributed by atoms with van der Waals surface area (Å²) >= 11 is 1.78. The number of hydrogen-bond acceptors (Lipinski definition) is 3. The number of hydrogen-bond donors (Lipinski definition) is 2. The summed E-state index contributed by atoms with van der Waals surface area (Å²) in [6, 6.07) is 4.32. The molecule has 0 amide bonds. The first-order valence-electron chi connectivity index (χ1n) is 7.14. The van der Waals surface area contributed by atoms with E-state index in [1.807, 2.05) is 0 Å². The molecular formula is C18H24N2S. The van der Waals surface area contributed by atoms with E-state index in [1.54, 1.807) is 11.8 Å². The first kappa shape index (κ1) is 15.8. The van der Waals surface area contributed by atoms with E-state index in [0.29, 0.717) is 0 Å². The quantitative estimate of drug-likeness (QED) is 0.779. The van der Waals surface area contributed by atoms with Gasteiger partial charge in [0.25, 0.3) is 0 Å². The highest BCUT2D eigenvalue weighted by molar-refractivity contribution is 7.99. The summed E-state index contributed by atoms with van der Waals surface area (Å²) in [6.07, 6.45) is 0. The lowest BCUT2D eigenvalue weighted by Crippen LogP contribution is -2.00. The molecule has 4 N–H and O–H groups in total. The van der Waals surface area contributed by atoms with Gasteiger partial charge in [-0.1, -0.05) is 23.9 Å². The highest BCUT2D eigenvalue weighted by Gasteiger charge is 2.15. The van der Waals surface area contributed by atoms with Gasteiger partial charge in [-0.2, -0.15) is 0 Å². The van der Waals surface area contributed by atoms with E-state index in [0.717, 1.165) is 33.6 Å². The molecule has 0 saturated heterocycles. The Balaban J connectivity index is 2.59. The normalized spacial score (nSPS) is 11.0. The smallest absolute Gasteiger partial charge is 0.0385 e. The van der Waals surface area contributed by atoms with Crippen LogP contribution in [-0.2, 0) is 0 Å². The molecule has 0 radical (unpaired) electrons. The van der Waals surface area contributed by atoms with Crippen LogP contribution in [0.1, 0.15) is 33.4 Å². The van der Waals surface area contributed by atoms with Crippen molar-refractivity contribution in [2.45, 2.75) is 51.3 Å². The monoisotopic (exact) mass is 300 g/mol. The minimum absolute atomic E-state index is 0.887. The minimum Gasteiger partial charge on any atom is -0.398 e. The van der Waals surface area contributed by atoms with Crippen LogP contribution in [0.2, 0.25) is 0 Å². The van der Waals surface area contributed by atoms with Gasteiger partial charge >= 0.3 is 0 Å². The number of anilines is 2. The van der Waals surface area contributed by atoms with E-state index in [2.05, 4.69) is 53.7 Å².